The predicted molar refractivity (Wildman–Crippen MR) is 122 cm³/mol. The Bertz CT molecular complexity index is 770. The highest BCUT2D eigenvalue weighted by Crippen LogP contribution is 2.25. The number of hydrogen-bond donors (Lipinski definition) is 2. The number of nitrogens with one attached hydrogen (secondary N) is 2. The van der Waals surface area contributed by atoms with Crippen LogP contribution in [0.15, 0.2) is 34.0 Å². The molecule has 0 saturated carbocycles. The minimum Gasteiger partial charge on any atom is -0.379 e. The van der Waals surface area contributed by atoms with E-state index >= 15 is 0 Å². The molecule has 0 bridgehead atoms. The average Bonchev–Trinajstić information content (AvgIpc) is 3.45. The number of hydrogen-bond acceptors (Lipinski definition) is 6. The molecule has 4 rings (SSSR count). The molecular weight excluding hydrogens is 402 g/mol. The first-order valence-electron chi connectivity index (χ1n) is 10.4. The van der Waals surface area contributed by atoms with Gasteiger partial charge in [-0.25, -0.2) is 0 Å². The number of rotatable bonds is 7. The molecule has 0 radical (unpaired) electrons. The number of thiophene rings is 2. The molecular formula is C21H31N5OS2. The number of guanidine groups is 1. The van der Waals surface area contributed by atoms with Crippen LogP contribution in [0.1, 0.15) is 21.4 Å². The van der Waals surface area contributed by atoms with Crippen molar-refractivity contribution in [2.45, 2.75) is 19.0 Å². The minimum atomic E-state index is 0.358. The number of ether oxygens (including phenoxy) is 1. The third-order valence-electron chi connectivity index (χ3n) is 5.65. The molecule has 2 aromatic heterocycles. The van der Waals surface area contributed by atoms with Crippen molar-refractivity contribution in [2.24, 2.45) is 4.99 Å². The van der Waals surface area contributed by atoms with Gasteiger partial charge in [-0.15, -0.1) is 22.7 Å². The summed E-state index contributed by atoms with van der Waals surface area (Å²) in [4.78, 5) is 12.4. The van der Waals surface area contributed by atoms with Crippen molar-refractivity contribution in [2.75, 3.05) is 59.5 Å². The van der Waals surface area contributed by atoms with E-state index in [1.165, 1.54) is 16.9 Å². The van der Waals surface area contributed by atoms with Gasteiger partial charge in [-0.1, -0.05) is 6.07 Å². The predicted octanol–water partition coefficient (Wildman–Crippen LogP) is 2.41. The van der Waals surface area contributed by atoms with E-state index in [9.17, 15) is 0 Å². The molecule has 0 spiro atoms. The van der Waals surface area contributed by atoms with Crippen LogP contribution in [0.5, 0.6) is 0 Å². The standard InChI is InChI=1S/C21H31N5OS2/c1-22-21(23-6-8-25-7-4-19-17(16-25)5-14-29-19)24-15-18(20-3-2-13-28-20)26-9-11-27-12-10-26/h2-3,5,13-14,18H,4,6-12,15-16H2,1H3,(H2,22,23,24). The largest absolute Gasteiger partial charge is 0.379 e. The van der Waals surface area contributed by atoms with Gasteiger partial charge in [-0.2, -0.15) is 0 Å². The summed E-state index contributed by atoms with van der Waals surface area (Å²) in [5, 5.41) is 11.4. The van der Waals surface area contributed by atoms with Crippen LogP contribution in [0.25, 0.3) is 0 Å². The molecule has 29 heavy (non-hydrogen) atoms. The molecule has 0 aromatic carbocycles. The SMILES string of the molecule is CN=C(NCCN1CCc2sccc2C1)NCC(c1cccs1)N1CCOCC1. The highest BCUT2D eigenvalue weighted by molar-refractivity contribution is 7.10. The van der Waals surface area contributed by atoms with E-state index < -0.39 is 0 Å². The fourth-order valence-corrected chi connectivity index (χ4v) is 5.77. The number of nitrogens with zero attached hydrogens (tertiary/aromatic N) is 3. The van der Waals surface area contributed by atoms with Crippen molar-refractivity contribution in [1.82, 2.24) is 20.4 Å². The Morgan fingerprint density at radius 3 is 2.86 bits per heavy atom. The van der Waals surface area contributed by atoms with Gasteiger partial charge in [0.25, 0.3) is 0 Å². The van der Waals surface area contributed by atoms with Crippen LogP contribution >= 0.6 is 22.7 Å². The first-order valence-corrected chi connectivity index (χ1v) is 12.2. The van der Waals surface area contributed by atoms with E-state index in [4.69, 9.17) is 4.74 Å². The zero-order chi connectivity index (χ0) is 19.9. The normalized spacial score (nSPS) is 19.7. The molecule has 1 fully saturated rings. The van der Waals surface area contributed by atoms with Gasteiger partial charge in [0, 0.05) is 62.6 Å². The third kappa shape index (κ3) is 5.58. The fraction of sp³-hybridized carbons (Fsp3) is 0.571. The molecule has 2 N–H and O–H groups in total. The average molecular weight is 434 g/mol. The molecule has 1 atom stereocenters. The molecule has 2 aliphatic rings. The zero-order valence-corrected chi connectivity index (χ0v) is 18.7. The number of fused-ring (bicyclic) bond motifs is 1. The second kappa shape index (κ2) is 10.5. The van der Waals surface area contributed by atoms with Gasteiger partial charge in [0.15, 0.2) is 5.96 Å². The monoisotopic (exact) mass is 433 g/mol. The van der Waals surface area contributed by atoms with Crippen molar-refractivity contribution in [1.29, 1.82) is 0 Å². The lowest BCUT2D eigenvalue weighted by molar-refractivity contribution is 0.0177. The van der Waals surface area contributed by atoms with Crippen LogP contribution < -0.4 is 10.6 Å². The summed E-state index contributed by atoms with van der Waals surface area (Å²) in [5.41, 5.74) is 1.51. The maximum atomic E-state index is 5.54. The molecule has 8 heteroatoms. The van der Waals surface area contributed by atoms with Crippen molar-refractivity contribution in [3.8, 4) is 0 Å². The highest BCUT2D eigenvalue weighted by atomic mass is 32.1. The van der Waals surface area contributed by atoms with Crippen LogP contribution in [-0.2, 0) is 17.7 Å². The lowest BCUT2D eigenvalue weighted by Gasteiger charge is -2.34. The van der Waals surface area contributed by atoms with E-state index in [2.05, 4.69) is 54.4 Å². The Morgan fingerprint density at radius 1 is 1.17 bits per heavy atom. The smallest absolute Gasteiger partial charge is 0.191 e. The summed E-state index contributed by atoms with van der Waals surface area (Å²) in [6.07, 6.45) is 1.18. The molecule has 0 amide bonds. The fourth-order valence-electron chi connectivity index (χ4n) is 4.02. The third-order valence-corrected chi connectivity index (χ3v) is 7.65. The van der Waals surface area contributed by atoms with Gasteiger partial charge >= 0.3 is 0 Å². The van der Waals surface area contributed by atoms with Gasteiger partial charge in [0.05, 0.1) is 19.3 Å². The summed E-state index contributed by atoms with van der Waals surface area (Å²) >= 11 is 3.72. The molecule has 4 heterocycles. The van der Waals surface area contributed by atoms with E-state index in [0.717, 1.165) is 65.0 Å². The van der Waals surface area contributed by atoms with E-state index in [1.807, 2.05) is 29.7 Å². The Kier molecular flexibility index (Phi) is 7.56. The quantitative estimate of drug-likeness (QED) is 0.519. The Balaban J connectivity index is 1.25. The lowest BCUT2D eigenvalue weighted by Crippen LogP contribution is -2.47. The topological polar surface area (TPSA) is 52.1 Å². The summed E-state index contributed by atoms with van der Waals surface area (Å²) in [6.45, 7) is 8.61. The van der Waals surface area contributed by atoms with E-state index in [1.54, 1.807) is 4.88 Å². The van der Waals surface area contributed by atoms with Crippen LogP contribution in [0.2, 0.25) is 0 Å². The summed E-state index contributed by atoms with van der Waals surface area (Å²) in [6, 6.07) is 7.00. The molecule has 2 aromatic rings. The molecule has 158 valence electrons. The first kappa shape index (κ1) is 20.8. The van der Waals surface area contributed by atoms with E-state index in [-0.39, 0.29) is 0 Å². The maximum Gasteiger partial charge on any atom is 0.191 e. The molecule has 1 unspecified atom stereocenters. The maximum absolute atomic E-state index is 5.54. The highest BCUT2D eigenvalue weighted by Gasteiger charge is 2.23. The van der Waals surface area contributed by atoms with Gasteiger partial charge in [-0.3, -0.25) is 14.8 Å². The first-order chi connectivity index (χ1) is 14.3. The van der Waals surface area contributed by atoms with Gasteiger partial charge in [0.1, 0.15) is 0 Å². The van der Waals surface area contributed by atoms with Crippen molar-refractivity contribution >= 4 is 28.6 Å². The minimum absolute atomic E-state index is 0.358. The number of aliphatic imine (C=N–C) groups is 1. The van der Waals surface area contributed by atoms with Crippen molar-refractivity contribution in [3.05, 3.63) is 44.3 Å². The lowest BCUT2D eigenvalue weighted by atomic mass is 10.1. The van der Waals surface area contributed by atoms with Gasteiger partial charge in [-0.05, 0) is 34.9 Å². The molecule has 0 aliphatic carbocycles. The van der Waals surface area contributed by atoms with Crippen LogP contribution in [0.3, 0.4) is 0 Å². The van der Waals surface area contributed by atoms with Gasteiger partial charge in [0.2, 0.25) is 0 Å². The zero-order valence-electron chi connectivity index (χ0n) is 17.1. The Labute approximate surface area is 181 Å². The molecule has 1 saturated heterocycles. The summed E-state index contributed by atoms with van der Waals surface area (Å²) < 4.78 is 5.54. The molecule has 6 nitrogen and oxygen atoms in total. The number of morpholine rings is 1. The van der Waals surface area contributed by atoms with Gasteiger partial charge < -0.3 is 15.4 Å². The van der Waals surface area contributed by atoms with Crippen molar-refractivity contribution < 1.29 is 4.74 Å². The van der Waals surface area contributed by atoms with E-state index in [0.29, 0.717) is 6.04 Å². The summed E-state index contributed by atoms with van der Waals surface area (Å²) in [5.74, 6) is 0.882. The second-order valence-electron chi connectivity index (χ2n) is 7.45. The Hall–Kier alpha value is -1.45. The van der Waals surface area contributed by atoms with Crippen LogP contribution in [-0.4, -0.2) is 75.3 Å². The van der Waals surface area contributed by atoms with Crippen molar-refractivity contribution in [3.63, 3.8) is 0 Å². The van der Waals surface area contributed by atoms with Crippen LogP contribution in [0.4, 0.5) is 0 Å². The van der Waals surface area contributed by atoms with Crippen LogP contribution in [0, 0.1) is 0 Å². The Morgan fingerprint density at radius 2 is 2.07 bits per heavy atom. The summed E-state index contributed by atoms with van der Waals surface area (Å²) in [7, 11) is 1.85. The molecule has 2 aliphatic heterocycles. The second-order valence-corrected chi connectivity index (χ2v) is 9.43.